The molecule has 1 aliphatic heterocycles. The molecule has 24 heavy (non-hydrogen) atoms. The quantitative estimate of drug-likeness (QED) is 0.792. The molecule has 3 rings (SSSR count). The number of aldehydes is 1. The first-order chi connectivity index (χ1) is 11.4. The lowest BCUT2D eigenvalue weighted by Crippen LogP contribution is -2.42. The first-order valence-electron chi connectivity index (χ1n) is 8.27. The minimum absolute atomic E-state index is 0.254. The van der Waals surface area contributed by atoms with Crippen molar-refractivity contribution in [2.75, 3.05) is 13.1 Å². The van der Waals surface area contributed by atoms with Gasteiger partial charge in [0.15, 0.2) is 6.29 Å². The zero-order chi connectivity index (χ0) is 17.3. The third-order valence-corrected chi connectivity index (χ3v) is 4.30. The lowest BCUT2D eigenvalue weighted by molar-refractivity contribution is 0.0189. The van der Waals surface area contributed by atoms with Crippen molar-refractivity contribution in [1.82, 2.24) is 14.5 Å². The van der Waals surface area contributed by atoms with Crippen molar-refractivity contribution < 1.29 is 14.3 Å². The summed E-state index contributed by atoms with van der Waals surface area (Å²) in [5.41, 5.74) is 1.17. The van der Waals surface area contributed by atoms with E-state index in [0.717, 1.165) is 30.0 Å². The number of piperidine rings is 1. The van der Waals surface area contributed by atoms with Crippen LogP contribution >= 0.6 is 0 Å². The van der Waals surface area contributed by atoms with Gasteiger partial charge < -0.3 is 14.2 Å². The Balaban J connectivity index is 1.74. The van der Waals surface area contributed by atoms with Gasteiger partial charge in [-0.3, -0.25) is 9.78 Å². The third-order valence-electron chi connectivity index (χ3n) is 4.30. The van der Waals surface area contributed by atoms with Crippen LogP contribution in [0.15, 0.2) is 24.7 Å². The highest BCUT2D eigenvalue weighted by atomic mass is 16.6. The molecule has 6 heteroatoms. The SMILES string of the molecule is CC(C)(C)OC(=O)N1CCC(n2cc(C=O)c3ccncc32)CC1. The van der Waals surface area contributed by atoms with Gasteiger partial charge in [-0.25, -0.2) is 4.79 Å². The Kier molecular flexibility index (Phi) is 4.30. The number of ether oxygens (including phenoxy) is 1. The number of nitrogens with zero attached hydrogens (tertiary/aromatic N) is 3. The number of likely N-dealkylation sites (tertiary alicyclic amines) is 1. The lowest BCUT2D eigenvalue weighted by atomic mass is 10.1. The highest BCUT2D eigenvalue weighted by molar-refractivity contribution is 5.97. The number of amides is 1. The molecule has 2 aromatic heterocycles. The van der Waals surface area contributed by atoms with Crippen molar-refractivity contribution in [3.8, 4) is 0 Å². The molecule has 1 aliphatic rings. The summed E-state index contributed by atoms with van der Waals surface area (Å²) < 4.78 is 7.56. The van der Waals surface area contributed by atoms with Gasteiger partial charge in [0, 0.05) is 42.5 Å². The van der Waals surface area contributed by atoms with E-state index in [9.17, 15) is 9.59 Å². The largest absolute Gasteiger partial charge is 0.444 e. The van der Waals surface area contributed by atoms with E-state index < -0.39 is 5.60 Å². The molecule has 128 valence electrons. The lowest BCUT2D eigenvalue weighted by Gasteiger charge is -2.34. The first kappa shape index (κ1) is 16.5. The van der Waals surface area contributed by atoms with Crippen LogP contribution in [0.4, 0.5) is 4.79 Å². The summed E-state index contributed by atoms with van der Waals surface area (Å²) >= 11 is 0. The van der Waals surface area contributed by atoms with E-state index in [4.69, 9.17) is 4.74 Å². The number of rotatable bonds is 2. The minimum Gasteiger partial charge on any atom is -0.444 e. The highest BCUT2D eigenvalue weighted by Crippen LogP contribution is 2.29. The van der Waals surface area contributed by atoms with Crippen LogP contribution in [0, 0.1) is 0 Å². The maximum Gasteiger partial charge on any atom is 0.410 e. The summed E-state index contributed by atoms with van der Waals surface area (Å²) in [4.78, 5) is 29.4. The second kappa shape index (κ2) is 6.26. The molecule has 1 saturated heterocycles. The molecule has 6 nitrogen and oxygen atoms in total. The van der Waals surface area contributed by atoms with E-state index in [1.165, 1.54) is 0 Å². The van der Waals surface area contributed by atoms with Crippen LogP contribution in [0.25, 0.3) is 10.9 Å². The normalized spacial score (nSPS) is 16.4. The number of carbonyl (C=O) groups excluding carboxylic acids is 2. The molecular weight excluding hydrogens is 306 g/mol. The predicted molar refractivity (Wildman–Crippen MR) is 91.2 cm³/mol. The van der Waals surface area contributed by atoms with Crippen LogP contribution < -0.4 is 0 Å². The maximum absolute atomic E-state index is 12.2. The van der Waals surface area contributed by atoms with Gasteiger partial charge in [0.1, 0.15) is 5.60 Å². The third kappa shape index (κ3) is 3.27. The molecule has 0 bridgehead atoms. The Morgan fingerprint density at radius 2 is 2.04 bits per heavy atom. The molecule has 0 aliphatic carbocycles. The fourth-order valence-electron chi connectivity index (χ4n) is 3.17. The summed E-state index contributed by atoms with van der Waals surface area (Å²) in [5, 5.41) is 0.926. The minimum atomic E-state index is -0.477. The molecule has 1 fully saturated rings. The van der Waals surface area contributed by atoms with Gasteiger partial charge in [-0.15, -0.1) is 0 Å². The van der Waals surface area contributed by atoms with Gasteiger partial charge in [0.25, 0.3) is 0 Å². The van der Waals surface area contributed by atoms with Gasteiger partial charge >= 0.3 is 6.09 Å². The van der Waals surface area contributed by atoms with E-state index >= 15 is 0 Å². The average Bonchev–Trinajstić information content (AvgIpc) is 2.92. The van der Waals surface area contributed by atoms with Gasteiger partial charge in [-0.1, -0.05) is 0 Å². The van der Waals surface area contributed by atoms with Crippen molar-refractivity contribution in [3.63, 3.8) is 0 Å². The monoisotopic (exact) mass is 329 g/mol. The van der Waals surface area contributed by atoms with Crippen LogP contribution in [0.2, 0.25) is 0 Å². The van der Waals surface area contributed by atoms with Crippen LogP contribution in [0.3, 0.4) is 0 Å². The number of pyridine rings is 1. The van der Waals surface area contributed by atoms with Gasteiger partial charge in [0.2, 0.25) is 0 Å². The average molecular weight is 329 g/mol. The first-order valence-corrected chi connectivity index (χ1v) is 8.27. The fraction of sp³-hybridized carbons (Fsp3) is 0.500. The molecular formula is C18H23N3O3. The standard InChI is InChI=1S/C18H23N3O3/c1-18(2,3)24-17(23)20-8-5-14(6-9-20)21-11-13(12-22)15-4-7-19-10-16(15)21/h4,7,10-12,14H,5-6,8-9H2,1-3H3. The topological polar surface area (TPSA) is 64.4 Å². The van der Waals surface area contributed by atoms with Gasteiger partial charge in [0.05, 0.1) is 11.7 Å². The van der Waals surface area contributed by atoms with Crippen LogP contribution in [0.1, 0.15) is 50.0 Å². The Hall–Kier alpha value is -2.37. The van der Waals surface area contributed by atoms with Crippen molar-refractivity contribution in [2.24, 2.45) is 0 Å². The summed E-state index contributed by atoms with van der Waals surface area (Å²) in [6, 6.07) is 2.12. The van der Waals surface area contributed by atoms with Crippen molar-refractivity contribution >= 4 is 23.3 Å². The molecule has 0 atom stereocenters. The Morgan fingerprint density at radius 1 is 1.33 bits per heavy atom. The second-order valence-electron chi connectivity index (χ2n) is 7.20. The molecule has 1 amide bonds. The van der Waals surface area contributed by atoms with Crippen molar-refractivity contribution in [1.29, 1.82) is 0 Å². The zero-order valence-electron chi connectivity index (χ0n) is 14.4. The fourth-order valence-corrected chi connectivity index (χ4v) is 3.17. The van der Waals surface area contributed by atoms with Crippen LogP contribution in [-0.4, -0.2) is 45.5 Å². The van der Waals surface area contributed by atoms with Crippen LogP contribution in [0.5, 0.6) is 0 Å². The molecule has 3 heterocycles. The van der Waals surface area contributed by atoms with Gasteiger partial charge in [-0.2, -0.15) is 0 Å². The molecule has 0 aromatic carbocycles. The summed E-state index contributed by atoms with van der Waals surface area (Å²) in [5.74, 6) is 0. The molecule has 0 saturated carbocycles. The van der Waals surface area contributed by atoms with Gasteiger partial charge in [-0.05, 0) is 39.7 Å². The Labute approximate surface area is 141 Å². The molecule has 0 radical (unpaired) electrons. The highest BCUT2D eigenvalue weighted by Gasteiger charge is 2.28. The molecule has 0 unspecified atom stereocenters. The van der Waals surface area contributed by atoms with E-state index in [-0.39, 0.29) is 12.1 Å². The maximum atomic E-state index is 12.2. The summed E-state index contributed by atoms with van der Waals surface area (Å²) in [7, 11) is 0. The van der Waals surface area contributed by atoms with E-state index in [2.05, 4.69) is 9.55 Å². The van der Waals surface area contributed by atoms with Crippen molar-refractivity contribution in [3.05, 3.63) is 30.2 Å². The van der Waals surface area contributed by atoms with E-state index in [0.29, 0.717) is 18.7 Å². The van der Waals surface area contributed by atoms with E-state index in [1.807, 2.05) is 33.0 Å². The summed E-state index contributed by atoms with van der Waals surface area (Å²) in [6.07, 6.45) is 7.68. The number of aromatic nitrogens is 2. The Bertz CT molecular complexity index is 752. The molecule has 2 aromatic rings. The Morgan fingerprint density at radius 3 is 2.67 bits per heavy atom. The van der Waals surface area contributed by atoms with E-state index in [1.54, 1.807) is 17.3 Å². The second-order valence-corrected chi connectivity index (χ2v) is 7.20. The summed E-state index contributed by atoms with van der Waals surface area (Å²) in [6.45, 7) is 6.92. The number of hydrogen-bond acceptors (Lipinski definition) is 4. The molecule has 0 spiro atoms. The smallest absolute Gasteiger partial charge is 0.410 e. The molecule has 0 N–H and O–H groups in total. The van der Waals surface area contributed by atoms with Crippen molar-refractivity contribution in [2.45, 2.75) is 45.3 Å². The number of carbonyl (C=O) groups is 2. The number of hydrogen-bond donors (Lipinski definition) is 0. The zero-order valence-corrected chi connectivity index (χ0v) is 14.4. The number of fused-ring (bicyclic) bond motifs is 1. The predicted octanol–water partition coefficient (Wildman–Crippen LogP) is 3.42. The van der Waals surface area contributed by atoms with Crippen LogP contribution in [-0.2, 0) is 4.74 Å².